The first-order chi connectivity index (χ1) is 13.3. The number of amidine groups is 1. The van der Waals surface area contributed by atoms with E-state index >= 15 is 0 Å². The second kappa shape index (κ2) is 8.57. The molecule has 3 rings (SSSR count). The van der Waals surface area contributed by atoms with Gasteiger partial charge < -0.3 is 5.73 Å². The molecule has 0 bridgehead atoms. The molecule has 0 spiro atoms. The molecule has 144 valence electrons. The van der Waals surface area contributed by atoms with Crippen molar-refractivity contribution in [3.8, 4) is 0 Å². The van der Waals surface area contributed by atoms with E-state index in [1.807, 2.05) is 0 Å². The van der Waals surface area contributed by atoms with E-state index in [1.165, 1.54) is 4.90 Å². The molecule has 1 atom stereocenters. The number of thioether (sulfide) groups is 1. The molecule has 1 aliphatic rings. The van der Waals surface area contributed by atoms with Crippen molar-refractivity contribution >= 4 is 75.3 Å². The molecule has 5 nitrogen and oxygen atoms in total. The minimum atomic E-state index is -0.595. The lowest BCUT2D eigenvalue weighted by molar-refractivity contribution is -0.117. The van der Waals surface area contributed by atoms with Crippen LogP contribution in [-0.2, 0) is 9.59 Å². The van der Waals surface area contributed by atoms with Crippen molar-refractivity contribution in [2.45, 2.75) is 12.2 Å². The molecule has 0 fully saturated rings. The quantitative estimate of drug-likeness (QED) is 0.661. The first kappa shape index (κ1) is 20.7. The highest BCUT2D eigenvalue weighted by molar-refractivity contribution is 8.15. The molecule has 0 aliphatic carbocycles. The number of hydrogen-bond donors (Lipinski definition) is 1. The molecule has 1 unspecified atom stereocenters. The van der Waals surface area contributed by atoms with Crippen LogP contribution in [0.25, 0.3) is 6.08 Å². The molecule has 0 saturated carbocycles. The summed E-state index contributed by atoms with van der Waals surface area (Å²) in [4.78, 5) is 30.3. The fraction of sp³-hybridized carbons (Fsp3) is 0.105. The maximum absolute atomic E-state index is 13.1. The van der Waals surface area contributed by atoms with Gasteiger partial charge in [-0.2, -0.15) is 0 Å². The third kappa shape index (κ3) is 4.36. The highest BCUT2D eigenvalue weighted by Crippen LogP contribution is 2.38. The second-order valence-electron chi connectivity index (χ2n) is 5.85. The predicted octanol–water partition coefficient (Wildman–Crippen LogP) is 5.00. The van der Waals surface area contributed by atoms with E-state index in [9.17, 15) is 9.59 Å². The summed E-state index contributed by atoms with van der Waals surface area (Å²) in [5, 5.41) is 0.796. The summed E-state index contributed by atoms with van der Waals surface area (Å²) in [5.41, 5.74) is 6.69. The Labute approximate surface area is 181 Å². The van der Waals surface area contributed by atoms with E-state index in [2.05, 4.69) is 4.99 Å². The van der Waals surface area contributed by atoms with Crippen molar-refractivity contribution in [3.63, 3.8) is 0 Å². The van der Waals surface area contributed by atoms with Crippen molar-refractivity contribution in [1.82, 2.24) is 0 Å². The summed E-state index contributed by atoms with van der Waals surface area (Å²) in [6, 6.07) is 11.9. The van der Waals surface area contributed by atoms with Gasteiger partial charge in [0.2, 0.25) is 5.91 Å². The van der Waals surface area contributed by atoms with E-state index in [1.54, 1.807) is 55.5 Å². The van der Waals surface area contributed by atoms with Gasteiger partial charge in [0.1, 0.15) is 5.70 Å². The molecule has 1 aliphatic heterocycles. The van der Waals surface area contributed by atoms with Gasteiger partial charge in [-0.05, 0) is 42.8 Å². The number of carbonyl (C=O) groups is 2. The van der Waals surface area contributed by atoms with Crippen molar-refractivity contribution in [2.24, 2.45) is 10.7 Å². The number of benzene rings is 2. The summed E-state index contributed by atoms with van der Waals surface area (Å²) >= 11 is 19.4. The minimum absolute atomic E-state index is 0.192. The number of anilines is 1. The van der Waals surface area contributed by atoms with Crippen LogP contribution in [0.2, 0.25) is 15.1 Å². The number of hydrogen-bond acceptors (Lipinski definition) is 4. The Morgan fingerprint density at radius 3 is 2.50 bits per heavy atom. The average Bonchev–Trinajstić information content (AvgIpc) is 2.94. The minimum Gasteiger partial charge on any atom is -0.369 e. The Balaban J connectivity index is 2.05. The summed E-state index contributed by atoms with van der Waals surface area (Å²) in [5.74, 6) is -0.911. The second-order valence-corrected chi connectivity index (χ2v) is 8.38. The molecule has 0 aromatic heterocycles. The van der Waals surface area contributed by atoms with Crippen LogP contribution in [0.1, 0.15) is 12.5 Å². The Hall–Kier alpha value is -1.99. The molecule has 2 aromatic rings. The summed E-state index contributed by atoms with van der Waals surface area (Å²) in [7, 11) is 0. The Bertz CT molecular complexity index is 1010. The number of halogens is 3. The van der Waals surface area contributed by atoms with E-state index in [0.717, 1.165) is 17.3 Å². The molecule has 28 heavy (non-hydrogen) atoms. The van der Waals surface area contributed by atoms with Gasteiger partial charge in [-0.1, -0.05) is 64.8 Å². The van der Waals surface area contributed by atoms with E-state index in [4.69, 9.17) is 40.5 Å². The lowest BCUT2D eigenvalue weighted by Gasteiger charge is -2.20. The maximum Gasteiger partial charge on any atom is 0.283 e. The van der Waals surface area contributed by atoms with Crippen LogP contribution in [0, 0.1) is 0 Å². The zero-order chi connectivity index (χ0) is 20.4. The van der Waals surface area contributed by atoms with Crippen LogP contribution in [0.5, 0.6) is 0 Å². The summed E-state index contributed by atoms with van der Waals surface area (Å²) < 4.78 is 0. The zero-order valence-electron chi connectivity index (χ0n) is 14.5. The number of carbonyl (C=O) groups excluding carboxylic acids is 2. The third-order valence-corrected chi connectivity index (χ3v) is 5.99. The Morgan fingerprint density at radius 2 is 1.86 bits per heavy atom. The highest BCUT2D eigenvalue weighted by atomic mass is 35.5. The van der Waals surface area contributed by atoms with Gasteiger partial charge in [0.05, 0.1) is 21.0 Å². The standard InChI is InChI=1S/C19H14Cl3N3O2S/c1-10(17(23)26)28-19-24-14(9-11-5-7-12(20)8-6-11)18(27)25(19)15-4-2-3-13(21)16(15)22/h2-10H,1H3,(H2,23,26)/b14-9-. The van der Waals surface area contributed by atoms with Gasteiger partial charge in [0.15, 0.2) is 5.17 Å². The topological polar surface area (TPSA) is 75.8 Å². The van der Waals surface area contributed by atoms with E-state index < -0.39 is 17.1 Å². The highest BCUT2D eigenvalue weighted by Gasteiger charge is 2.35. The lowest BCUT2D eigenvalue weighted by Crippen LogP contribution is -2.33. The van der Waals surface area contributed by atoms with Crippen molar-refractivity contribution in [2.75, 3.05) is 4.90 Å². The predicted molar refractivity (Wildman–Crippen MR) is 117 cm³/mol. The van der Waals surface area contributed by atoms with Crippen molar-refractivity contribution < 1.29 is 9.59 Å². The van der Waals surface area contributed by atoms with Gasteiger partial charge in [-0.15, -0.1) is 0 Å². The van der Waals surface area contributed by atoms with Crippen molar-refractivity contribution in [3.05, 3.63) is 68.8 Å². The zero-order valence-corrected chi connectivity index (χ0v) is 17.6. The van der Waals surface area contributed by atoms with Crippen LogP contribution >= 0.6 is 46.6 Å². The average molecular weight is 455 g/mol. The molecule has 0 saturated heterocycles. The largest absolute Gasteiger partial charge is 0.369 e. The molecule has 2 aromatic carbocycles. The van der Waals surface area contributed by atoms with Crippen LogP contribution in [0.4, 0.5) is 5.69 Å². The SMILES string of the molecule is CC(SC1=N/C(=C\c2ccc(Cl)cc2)C(=O)N1c1cccc(Cl)c1Cl)C(N)=O. The number of rotatable bonds is 4. The first-order valence-electron chi connectivity index (χ1n) is 8.08. The fourth-order valence-corrected chi connectivity index (χ4v) is 3.76. The number of nitrogens with zero attached hydrogens (tertiary/aromatic N) is 2. The smallest absolute Gasteiger partial charge is 0.283 e. The van der Waals surface area contributed by atoms with Crippen LogP contribution in [0.15, 0.2) is 53.2 Å². The maximum atomic E-state index is 13.1. The number of aliphatic imine (C=N–C) groups is 1. The molecule has 9 heteroatoms. The van der Waals surface area contributed by atoms with Gasteiger partial charge in [0, 0.05) is 5.02 Å². The van der Waals surface area contributed by atoms with Crippen LogP contribution in [-0.4, -0.2) is 22.2 Å². The van der Waals surface area contributed by atoms with Gasteiger partial charge >= 0.3 is 0 Å². The van der Waals surface area contributed by atoms with Gasteiger partial charge in [-0.25, -0.2) is 4.99 Å². The third-order valence-electron chi connectivity index (χ3n) is 3.86. The number of primary amides is 1. The lowest BCUT2D eigenvalue weighted by atomic mass is 10.2. The van der Waals surface area contributed by atoms with Gasteiger partial charge in [0.25, 0.3) is 5.91 Å². The van der Waals surface area contributed by atoms with Crippen molar-refractivity contribution in [1.29, 1.82) is 0 Å². The summed E-state index contributed by atoms with van der Waals surface area (Å²) in [6.45, 7) is 1.64. The molecule has 0 radical (unpaired) electrons. The number of nitrogens with two attached hydrogens (primary N) is 1. The normalized spacial score (nSPS) is 16.4. The monoisotopic (exact) mass is 453 g/mol. The van der Waals surface area contributed by atoms with Crippen LogP contribution in [0.3, 0.4) is 0 Å². The molecular formula is C19H14Cl3N3O2S. The first-order valence-corrected chi connectivity index (χ1v) is 10.1. The molecule has 1 heterocycles. The Kier molecular flexibility index (Phi) is 6.35. The molecule has 2 N–H and O–H groups in total. The molecular weight excluding hydrogens is 441 g/mol. The Morgan fingerprint density at radius 1 is 1.18 bits per heavy atom. The number of amides is 2. The molecule has 2 amide bonds. The van der Waals surface area contributed by atoms with E-state index in [-0.39, 0.29) is 10.7 Å². The van der Waals surface area contributed by atoms with Crippen LogP contribution < -0.4 is 10.6 Å². The van der Waals surface area contributed by atoms with E-state index in [0.29, 0.717) is 20.9 Å². The fourth-order valence-electron chi connectivity index (χ4n) is 2.39. The van der Waals surface area contributed by atoms with Gasteiger partial charge in [-0.3, -0.25) is 14.5 Å². The summed E-state index contributed by atoms with van der Waals surface area (Å²) in [6.07, 6.45) is 1.63.